The van der Waals surface area contributed by atoms with Gasteiger partial charge in [-0.25, -0.2) is 0 Å². The highest BCUT2D eigenvalue weighted by molar-refractivity contribution is 7.11. The lowest BCUT2D eigenvalue weighted by atomic mass is 9.93. The highest BCUT2D eigenvalue weighted by Crippen LogP contribution is 2.29. The van der Waals surface area contributed by atoms with Crippen LogP contribution in [-0.2, 0) is 4.74 Å². The Morgan fingerprint density at radius 2 is 2.21 bits per heavy atom. The minimum atomic E-state index is -0.201. The van der Waals surface area contributed by atoms with Crippen LogP contribution in [0.15, 0.2) is 0 Å². The van der Waals surface area contributed by atoms with Gasteiger partial charge in [0.1, 0.15) is 10.6 Å². The van der Waals surface area contributed by atoms with Gasteiger partial charge in [-0.1, -0.05) is 0 Å². The van der Waals surface area contributed by atoms with Crippen molar-refractivity contribution in [3.8, 4) is 0 Å². The lowest BCUT2D eigenvalue weighted by molar-refractivity contribution is 0.0622. The van der Waals surface area contributed by atoms with Crippen molar-refractivity contribution < 1.29 is 9.53 Å². The molecule has 2 heterocycles. The highest BCUT2D eigenvalue weighted by Gasteiger charge is 2.24. The van der Waals surface area contributed by atoms with E-state index < -0.39 is 0 Å². The molecule has 2 rings (SSSR count). The topological polar surface area (TPSA) is 89.3 Å². The minimum absolute atomic E-state index is 0.201. The number of rotatable bonds is 4. The zero-order chi connectivity index (χ0) is 13.8. The molecule has 0 aliphatic carbocycles. The fourth-order valence-electron chi connectivity index (χ4n) is 2.29. The van der Waals surface area contributed by atoms with Crippen LogP contribution in [0.5, 0.6) is 0 Å². The number of hydrogen-bond donors (Lipinski definition) is 3. The van der Waals surface area contributed by atoms with E-state index in [9.17, 15) is 4.79 Å². The third kappa shape index (κ3) is 3.16. The Hall–Kier alpha value is -1.34. The molecule has 1 aromatic rings. The molecule has 1 unspecified atom stereocenters. The summed E-state index contributed by atoms with van der Waals surface area (Å²) in [5.74, 6) is 0.633. The summed E-state index contributed by atoms with van der Waals surface area (Å²) < 4.78 is 9.42. The van der Waals surface area contributed by atoms with Crippen molar-refractivity contribution >= 4 is 28.3 Å². The van der Waals surface area contributed by atoms with Crippen LogP contribution in [0.25, 0.3) is 0 Å². The average Bonchev–Trinajstić information content (AvgIpc) is 2.80. The molecule has 0 saturated carbocycles. The number of aromatic nitrogens is 1. The van der Waals surface area contributed by atoms with E-state index in [4.69, 9.17) is 10.5 Å². The molecule has 6 nitrogen and oxygen atoms in total. The quantitative estimate of drug-likeness (QED) is 0.775. The summed E-state index contributed by atoms with van der Waals surface area (Å²) in [7, 11) is 1.59. The number of hydrogen-bond acceptors (Lipinski definition) is 6. The molecular weight excluding hydrogens is 264 g/mol. The maximum Gasteiger partial charge on any atom is 0.257 e. The molecule has 0 radical (unpaired) electrons. The lowest BCUT2D eigenvalue weighted by Gasteiger charge is -2.28. The van der Waals surface area contributed by atoms with Crippen LogP contribution in [-0.4, -0.2) is 36.6 Å². The molecule has 1 aliphatic rings. The van der Waals surface area contributed by atoms with E-state index in [1.54, 1.807) is 7.05 Å². The molecule has 4 N–H and O–H groups in total. The number of nitrogens with two attached hydrogens (primary N) is 1. The number of carbonyl (C=O) groups is 1. The van der Waals surface area contributed by atoms with Gasteiger partial charge in [-0.05, 0) is 37.2 Å². The Bertz CT molecular complexity index is 443. The second kappa shape index (κ2) is 6.21. The molecule has 1 aromatic heterocycles. The first-order chi connectivity index (χ1) is 9.13. The maximum atomic E-state index is 11.8. The van der Waals surface area contributed by atoms with E-state index in [1.165, 1.54) is 11.5 Å². The zero-order valence-electron chi connectivity index (χ0n) is 11.2. The Kier molecular flexibility index (Phi) is 4.60. The second-order valence-corrected chi connectivity index (χ2v) is 5.51. The summed E-state index contributed by atoms with van der Waals surface area (Å²) >= 11 is 1.23. The molecule has 0 bridgehead atoms. The number of nitrogen functional groups attached to an aromatic ring is 1. The van der Waals surface area contributed by atoms with Gasteiger partial charge in [0, 0.05) is 26.3 Å². The summed E-state index contributed by atoms with van der Waals surface area (Å²) in [5.41, 5.74) is 6.20. The van der Waals surface area contributed by atoms with Gasteiger partial charge in [-0.2, -0.15) is 4.37 Å². The third-order valence-electron chi connectivity index (χ3n) is 3.50. The van der Waals surface area contributed by atoms with Gasteiger partial charge in [0.15, 0.2) is 5.82 Å². The summed E-state index contributed by atoms with van der Waals surface area (Å²) in [6.45, 7) is 3.74. The van der Waals surface area contributed by atoms with Crippen molar-refractivity contribution in [1.29, 1.82) is 0 Å². The van der Waals surface area contributed by atoms with Crippen LogP contribution < -0.4 is 16.4 Å². The Balaban J connectivity index is 2.08. The second-order valence-electron chi connectivity index (χ2n) is 4.73. The Morgan fingerprint density at radius 1 is 1.53 bits per heavy atom. The molecule has 1 atom stereocenters. The van der Waals surface area contributed by atoms with Crippen LogP contribution in [0.4, 0.5) is 10.8 Å². The van der Waals surface area contributed by atoms with Crippen molar-refractivity contribution in [3.05, 3.63) is 5.56 Å². The molecule has 19 heavy (non-hydrogen) atoms. The number of ether oxygens (including phenoxy) is 1. The van der Waals surface area contributed by atoms with Gasteiger partial charge >= 0.3 is 0 Å². The van der Waals surface area contributed by atoms with Crippen molar-refractivity contribution in [3.63, 3.8) is 0 Å². The van der Waals surface area contributed by atoms with Crippen LogP contribution in [0.3, 0.4) is 0 Å². The van der Waals surface area contributed by atoms with Crippen LogP contribution >= 0.6 is 11.5 Å². The molecular formula is C12H20N4O2S. The van der Waals surface area contributed by atoms with Gasteiger partial charge < -0.3 is 21.1 Å². The summed E-state index contributed by atoms with van der Waals surface area (Å²) in [4.78, 5) is 11.8. The number of amides is 1. The van der Waals surface area contributed by atoms with E-state index in [0.717, 1.165) is 31.1 Å². The highest BCUT2D eigenvalue weighted by atomic mass is 32.1. The van der Waals surface area contributed by atoms with Crippen molar-refractivity contribution in [2.24, 2.45) is 5.92 Å². The SMILES string of the molecule is CNC(=O)c1c(N)nsc1NC(C)C1CCOCC1. The fourth-order valence-corrected chi connectivity index (χ4v) is 3.09. The Morgan fingerprint density at radius 3 is 2.84 bits per heavy atom. The van der Waals surface area contributed by atoms with E-state index in [1.807, 2.05) is 0 Å². The number of anilines is 2. The van der Waals surface area contributed by atoms with E-state index in [2.05, 4.69) is 21.9 Å². The van der Waals surface area contributed by atoms with Crippen molar-refractivity contribution in [2.75, 3.05) is 31.3 Å². The fraction of sp³-hybridized carbons (Fsp3) is 0.667. The summed E-state index contributed by atoms with van der Waals surface area (Å²) in [6.07, 6.45) is 2.08. The van der Waals surface area contributed by atoms with Gasteiger partial charge in [0.2, 0.25) is 0 Å². The number of carbonyl (C=O) groups excluding carboxylic acids is 1. The summed E-state index contributed by atoms with van der Waals surface area (Å²) in [5, 5.41) is 6.71. The normalized spacial score (nSPS) is 18.0. The first-order valence-electron chi connectivity index (χ1n) is 6.45. The van der Waals surface area contributed by atoms with Crippen molar-refractivity contribution in [1.82, 2.24) is 9.69 Å². The first-order valence-corrected chi connectivity index (χ1v) is 7.22. The molecule has 0 spiro atoms. The standard InChI is InChI=1S/C12H20N4O2S/c1-7(8-3-5-18-6-4-8)15-12-9(11(17)14-2)10(13)16-19-12/h7-8,15H,3-6H2,1-2H3,(H2,13,16)(H,14,17). The molecule has 7 heteroatoms. The van der Waals surface area contributed by atoms with E-state index in [0.29, 0.717) is 11.5 Å². The minimum Gasteiger partial charge on any atom is -0.382 e. The van der Waals surface area contributed by atoms with Crippen molar-refractivity contribution in [2.45, 2.75) is 25.8 Å². The lowest BCUT2D eigenvalue weighted by Crippen LogP contribution is -2.31. The summed E-state index contributed by atoms with van der Waals surface area (Å²) in [6, 6.07) is 0.271. The number of nitrogens with zero attached hydrogens (tertiary/aromatic N) is 1. The maximum absolute atomic E-state index is 11.8. The van der Waals surface area contributed by atoms with Gasteiger partial charge in [0.25, 0.3) is 5.91 Å². The predicted octanol–water partition coefficient (Wildman–Crippen LogP) is 1.31. The average molecular weight is 284 g/mol. The largest absolute Gasteiger partial charge is 0.382 e. The third-order valence-corrected chi connectivity index (χ3v) is 4.30. The molecule has 0 aromatic carbocycles. The Labute approximate surface area is 116 Å². The van der Waals surface area contributed by atoms with Gasteiger partial charge in [-0.3, -0.25) is 4.79 Å². The molecule has 1 saturated heterocycles. The van der Waals surface area contributed by atoms with Gasteiger partial charge in [0.05, 0.1) is 0 Å². The number of nitrogens with one attached hydrogen (secondary N) is 2. The first kappa shape index (κ1) is 14.1. The van der Waals surface area contributed by atoms with Crippen LogP contribution in [0, 0.1) is 5.92 Å². The van der Waals surface area contributed by atoms with E-state index >= 15 is 0 Å². The van der Waals surface area contributed by atoms with Crippen LogP contribution in [0.1, 0.15) is 30.1 Å². The van der Waals surface area contributed by atoms with E-state index in [-0.39, 0.29) is 17.8 Å². The molecule has 1 amide bonds. The molecule has 106 valence electrons. The predicted molar refractivity (Wildman–Crippen MR) is 76.5 cm³/mol. The molecule has 1 aliphatic heterocycles. The monoisotopic (exact) mass is 284 g/mol. The van der Waals surface area contributed by atoms with Crippen LogP contribution in [0.2, 0.25) is 0 Å². The smallest absolute Gasteiger partial charge is 0.257 e. The molecule has 1 fully saturated rings. The zero-order valence-corrected chi connectivity index (χ0v) is 12.0. The van der Waals surface area contributed by atoms with Gasteiger partial charge in [-0.15, -0.1) is 0 Å².